The third-order valence-corrected chi connectivity index (χ3v) is 4.37. The zero-order chi connectivity index (χ0) is 14.6. The molecule has 0 aliphatic rings. The van der Waals surface area contributed by atoms with Gasteiger partial charge in [-0.25, -0.2) is 8.42 Å². The third-order valence-electron chi connectivity index (χ3n) is 2.41. The molecular weight excluding hydrogens is 292 g/mol. The van der Waals surface area contributed by atoms with Gasteiger partial charge in [0.05, 0.1) is 18.6 Å². The minimum Gasteiger partial charge on any atom is -0.495 e. The molecule has 8 heteroatoms. The molecule has 6 nitrogen and oxygen atoms in total. The molecule has 0 bridgehead atoms. The first-order valence-corrected chi connectivity index (χ1v) is 7.42. The summed E-state index contributed by atoms with van der Waals surface area (Å²) in [5.41, 5.74) is 5.28. The summed E-state index contributed by atoms with van der Waals surface area (Å²) in [7, 11) is -2.27. The lowest BCUT2D eigenvalue weighted by Crippen LogP contribution is -2.39. The van der Waals surface area contributed by atoms with Gasteiger partial charge in [0.2, 0.25) is 15.9 Å². The zero-order valence-corrected chi connectivity index (χ0v) is 12.2. The van der Waals surface area contributed by atoms with Crippen LogP contribution in [0.15, 0.2) is 18.2 Å². The van der Waals surface area contributed by atoms with Gasteiger partial charge in [0, 0.05) is 5.02 Å². The van der Waals surface area contributed by atoms with Gasteiger partial charge in [-0.15, -0.1) is 0 Å². The molecule has 0 fully saturated rings. The van der Waals surface area contributed by atoms with E-state index in [2.05, 4.69) is 0 Å². The number of halogens is 1. The van der Waals surface area contributed by atoms with E-state index in [9.17, 15) is 13.2 Å². The van der Waals surface area contributed by atoms with Crippen LogP contribution in [0.3, 0.4) is 0 Å². The molecule has 0 aliphatic heterocycles. The number of anilines is 1. The van der Waals surface area contributed by atoms with E-state index in [-0.39, 0.29) is 11.4 Å². The molecule has 0 aromatic heterocycles. The van der Waals surface area contributed by atoms with Crippen LogP contribution in [0.1, 0.15) is 6.92 Å². The van der Waals surface area contributed by atoms with Crippen LogP contribution in [0.2, 0.25) is 5.02 Å². The Kier molecular flexibility index (Phi) is 5.02. The van der Waals surface area contributed by atoms with E-state index < -0.39 is 22.5 Å². The van der Waals surface area contributed by atoms with E-state index in [1.54, 1.807) is 6.07 Å². The van der Waals surface area contributed by atoms with Crippen LogP contribution in [0.25, 0.3) is 0 Å². The molecule has 1 aromatic rings. The highest BCUT2D eigenvalue weighted by atomic mass is 35.5. The Morgan fingerprint density at radius 2 is 2.11 bits per heavy atom. The molecule has 0 spiro atoms. The van der Waals surface area contributed by atoms with Gasteiger partial charge >= 0.3 is 0 Å². The number of sulfonamides is 1. The molecule has 0 saturated carbocycles. The lowest BCUT2D eigenvalue weighted by Gasteiger charge is -2.24. The van der Waals surface area contributed by atoms with Crippen LogP contribution < -0.4 is 14.8 Å². The Balaban J connectivity index is 3.40. The second-order valence-corrected chi connectivity index (χ2v) is 6.31. The fourth-order valence-corrected chi connectivity index (χ4v) is 2.73. The van der Waals surface area contributed by atoms with E-state index in [0.717, 1.165) is 4.31 Å². The Morgan fingerprint density at radius 1 is 1.47 bits per heavy atom. The maximum Gasteiger partial charge on any atom is 0.238 e. The molecule has 1 rings (SSSR count). The zero-order valence-electron chi connectivity index (χ0n) is 10.6. The van der Waals surface area contributed by atoms with Crippen molar-refractivity contribution in [2.75, 3.05) is 23.7 Å². The van der Waals surface area contributed by atoms with Gasteiger partial charge in [-0.05, 0) is 25.1 Å². The fraction of sp³-hybridized carbons (Fsp3) is 0.364. The number of ether oxygens (including phenoxy) is 1. The standard InChI is InChI=1S/C11H15ClN2O4S/c1-3-19(16,17)14(7-11(13)15)9-6-8(12)4-5-10(9)18-2/h4-6H,3,7H2,1-2H3,(H2,13,15). The van der Waals surface area contributed by atoms with Crippen molar-refractivity contribution in [3.05, 3.63) is 23.2 Å². The SMILES string of the molecule is CCS(=O)(=O)N(CC(N)=O)c1cc(Cl)ccc1OC. The maximum absolute atomic E-state index is 12.0. The molecule has 0 saturated heterocycles. The number of amides is 1. The molecule has 1 amide bonds. The molecule has 0 heterocycles. The van der Waals surface area contributed by atoms with Crippen molar-refractivity contribution in [2.24, 2.45) is 5.73 Å². The summed E-state index contributed by atoms with van der Waals surface area (Å²) >= 11 is 5.85. The van der Waals surface area contributed by atoms with Crippen LogP contribution in [-0.4, -0.2) is 33.7 Å². The Morgan fingerprint density at radius 3 is 2.58 bits per heavy atom. The van der Waals surface area contributed by atoms with E-state index in [1.165, 1.54) is 26.2 Å². The number of nitrogens with zero attached hydrogens (tertiary/aromatic N) is 1. The summed E-state index contributed by atoms with van der Waals surface area (Å²) in [6.45, 7) is 1.01. The van der Waals surface area contributed by atoms with Crippen LogP contribution in [0.5, 0.6) is 5.75 Å². The summed E-state index contributed by atoms with van der Waals surface area (Å²) in [6, 6.07) is 4.50. The number of nitrogens with two attached hydrogens (primary N) is 1. The van der Waals surface area contributed by atoms with Crippen molar-refractivity contribution < 1.29 is 17.9 Å². The summed E-state index contributed by atoms with van der Waals surface area (Å²) in [5, 5.41) is 0.330. The molecule has 0 aliphatic carbocycles. The molecule has 106 valence electrons. The highest BCUT2D eigenvalue weighted by Gasteiger charge is 2.25. The first kappa shape index (κ1) is 15.6. The average molecular weight is 307 g/mol. The maximum atomic E-state index is 12.0. The molecule has 0 atom stereocenters. The van der Waals surface area contributed by atoms with Gasteiger partial charge in [0.15, 0.2) is 0 Å². The Labute approximate surface area is 117 Å². The lowest BCUT2D eigenvalue weighted by molar-refractivity contribution is -0.116. The van der Waals surface area contributed by atoms with Gasteiger partial charge in [0.25, 0.3) is 0 Å². The number of carbonyl (C=O) groups excluding carboxylic acids is 1. The molecule has 0 unspecified atom stereocenters. The molecule has 1 aromatic carbocycles. The number of benzene rings is 1. The van der Waals surface area contributed by atoms with E-state index >= 15 is 0 Å². The number of primary amides is 1. The Hall–Kier alpha value is -1.47. The molecule has 19 heavy (non-hydrogen) atoms. The highest BCUT2D eigenvalue weighted by molar-refractivity contribution is 7.92. The lowest BCUT2D eigenvalue weighted by atomic mass is 10.3. The van der Waals surface area contributed by atoms with Gasteiger partial charge in [-0.1, -0.05) is 11.6 Å². The van der Waals surface area contributed by atoms with Crippen molar-refractivity contribution in [3.63, 3.8) is 0 Å². The number of hydrogen-bond acceptors (Lipinski definition) is 4. The van der Waals surface area contributed by atoms with Crippen LogP contribution in [0.4, 0.5) is 5.69 Å². The first-order chi connectivity index (χ1) is 8.81. The normalized spacial score (nSPS) is 11.1. The van der Waals surface area contributed by atoms with E-state index in [1.807, 2.05) is 0 Å². The van der Waals surface area contributed by atoms with Crippen molar-refractivity contribution in [1.82, 2.24) is 0 Å². The predicted molar refractivity (Wildman–Crippen MR) is 74.0 cm³/mol. The predicted octanol–water partition coefficient (Wildman–Crippen LogP) is 0.990. The van der Waals surface area contributed by atoms with Crippen molar-refractivity contribution in [2.45, 2.75) is 6.92 Å². The number of methoxy groups -OCH3 is 1. The summed E-state index contributed by atoms with van der Waals surface area (Å²) in [4.78, 5) is 11.1. The van der Waals surface area contributed by atoms with Crippen LogP contribution in [0, 0.1) is 0 Å². The van der Waals surface area contributed by atoms with Crippen LogP contribution in [-0.2, 0) is 14.8 Å². The van der Waals surface area contributed by atoms with Crippen LogP contribution >= 0.6 is 11.6 Å². The molecular formula is C11H15ClN2O4S. The van der Waals surface area contributed by atoms with E-state index in [4.69, 9.17) is 22.1 Å². The fourth-order valence-electron chi connectivity index (χ4n) is 1.49. The van der Waals surface area contributed by atoms with Gasteiger partial charge in [-0.2, -0.15) is 0 Å². The number of rotatable bonds is 6. The van der Waals surface area contributed by atoms with Gasteiger partial charge in [0.1, 0.15) is 12.3 Å². The van der Waals surface area contributed by atoms with E-state index in [0.29, 0.717) is 10.8 Å². The highest BCUT2D eigenvalue weighted by Crippen LogP contribution is 2.32. The smallest absolute Gasteiger partial charge is 0.238 e. The summed E-state index contributed by atoms with van der Waals surface area (Å²) in [5.74, 6) is -0.641. The third kappa shape index (κ3) is 3.74. The first-order valence-electron chi connectivity index (χ1n) is 5.44. The minimum absolute atomic E-state index is 0.171. The Bertz CT molecular complexity index is 574. The topological polar surface area (TPSA) is 89.7 Å². The largest absolute Gasteiger partial charge is 0.495 e. The molecule has 0 radical (unpaired) electrons. The van der Waals surface area contributed by atoms with Gasteiger partial charge in [-0.3, -0.25) is 9.10 Å². The number of carbonyl (C=O) groups is 1. The van der Waals surface area contributed by atoms with Gasteiger partial charge < -0.3 is 10.5 Å². The second-order valence-electron chi connectivity index (χ2n) is 3.69. The van der Waals surface area contributed by atoms with Crippen molar-refractivity contribution in [1.29, 1.82) is 0 Å². The number of hydrogen-bond donors (Lipinski definition) is 1. The summed E-state index contributed by atoms with van der Waals surface area (Å²) < 4.78 is 30.1. The molecule has 2 N–H and O–H groups in total. The van der Waals surface area contributed by atoms with Crippen molar-refractivity contribution in [3.8, 4) is 5.75 Å². The monoisotopic (exact) mass is 306 g/mol. The average Bonchev–Trinajstić information content (AvgIpc) is 2.35. The summed E-state index contributed by atoms with van der Waals surface area (Å²) in [6.07, 6.45) is 0. The van der Waals surface area contributed by atoms with Crippen molar-refractivity contribution >= 4 is 33.2 Å². The quantitative estimate of drug-likeness (QED) is 0.848. The minimum atomic E-state index is -3.66. The second kappa shape index (κ2) is 6.12.